The minimum atomic E-state index is 0.121. The van der Waals surface area contributed by atoms with Gasteiger partial charge in [-0.3, -0.25) is 0 Å². The summed E-state index contributed by atoms with van der Waals surface area (Å²) in [4.78, 5) is 19.2. The molecule has 0 N–H and O–H groups in total. The van der Waals surface area contributed by atoms with Gasteiger partial charge in [0.15, 0.2) is 0 Å². The fourth-order valence-corrected chi connectivity index (χ4v) is 13.8. The van der Waals surface area contributed by atoms with Gasteiger partial charge in [0.1, 0.15) is 24.7 Å². The molecule has 0 saturated carbocycles. The molecule has 4 aliphatic heterocycles. The van der Waals surface area contributed by atoms with Crippen LogP contribution in [0.3, 0.4) is 0 Å². The second-order valence-corrected chi connectivity index (χ2v) is 26.9. The fraction of sp³-hybridized carbons (Fsp3) is 0.256. The zero-order chi connectivity index (χ0) is 66.4. The molecule has 8 heteroatoms. The first-order chi connectivity index (χ1) is 45.3. The quantitative estimate of drug-likeness (QED) is 0.134. The third kappa shape index (κ3) is 13.5. The van der Waals surface area contributed by atoms with Gasteiger partial charge in [0.05, 0.1) is 22.7 Å². The number of hydrogen-bond donors (Lipinski definition) is 0. The lowest BCUT2D eigenvalue weighted by Crippen LogP contribution is -2.37. The highest BCUT2D eigenvalue weighted by molar-refractivity contribution is 5.90. The van der Waals surface area contributed by atoms with Gasteiger partial charge in [-0.2, -0.15) is 0 Å². The molecular weight excluding hydrogens is 1150 g/mol. The molecule has 0 fully saturated rings. The van der Waals surface area contributed by atoms with Crippen LogP contribution in [-0.4, -0.2) is 24.7 Å². The van der Waals surface area contributed by atoms with Crippen molar-refractivity contribution in [2.45, 2.75) is 146 Å². The number of hydrogen-bond acceptors (Lipinski definition) is 8. The van der Waals surface area contributed by atoms with Crippen LogP contribution in [0.5, 0.6) is 0 Å². The van der Waals surface area contributed by atoms with Gasteiger partial charge < -0.3 is 39.2 Å². The number of aryl methyl sites for hydroxylation is 4. The number of rotatable bonds is 10. The van der Waals surface area contributed by atoms with Crippen LogP contribution < -0.4 is 39.2 Å². The average molecular weight is 1240 g/mol. The van der Waals surface area contributed by atoms with Gasteiger partial charge >= 0.3 is 0 Å². The first-order valence-electron chi connectivity index (χ1n) is 33.7. The van der Waals surface area contributed by atoms with E-state index in [1.807, 2.05) is 6.07 Å². The molecule has 4 aliphatic rings. The van der Waals surface area contributed by atoms with E-state index in [0.29, 0.717) is 18.0 Å². The summed E-state index contributed by atoms with van der Waals surface area (Å²) in [7, 11) is 0. The van der Waals surface area contributed by atoms with Crippen LogP contribution in [0.1, 0.15) is 127 Å². The van der Waals surface area contributed by atoms with E-state index in [1.54, 1.807) is 0 Å². The maximum atomic E-state index is 2.48. The third-order valence-electron chi connectivity index (χ3n) is 18.9. The molecular formula is C86H96N8. The minimum absolute atomic E-state index is 0.121. The maximum Gasteiger partial charge on any atom is 0.108 e. The lowest BCUT2D eigenvalue weighted by atomic mass is 9.86. The Kier molecular flexibility index (Phi) is 19.9. The molecule has 14 rings (SSSR count). The molecule has 0 amide bonds. The van der Waals surface area contributed by atoms with Crippen LogP contribution in [0.4, 0.5) is 68.2 Å². The lowest BCUT2D eigenvalue weighted by molar-refractivity contribution is 0.590. The first-order valence-corrected chi connectivity index (χ1v) is 33.7. The van der Waals surface area contributed by atoms with Gasteiger partial charge in [-0.15, -0.1) is 0 Å². The maximum absolute atomic E-state index is 2.48. The number of nitrogens with zero attached hydrogens (tertiary/aromatic N) is 8. The Labute approximate surface area is 562 Å². The molecule has 10 aromatic rings. The molecule has 10 aromatic carbocycles. The van der Waals surface area contributed by atoms with Crippen molar-refractivity contribution in [2.75, 3.05) is 39.2 Å². The van der Waals surface area contributed by atoms with Crippen LogP contribution in [-0.2, 0) is 5.41 Å². The fourth-order valence-electron chi connectivity index (χ4n) is 13.8. The van der Waals surface area contributed by atoms with E-state index in [2.05, 4.69) is 411 Å². The average Bonchev–Trinajstić information content (AvgIpc) is 1.60. The number of para-hydroxylation sites is 10. The largest absolute Gasteiger partial charge is 0.326 e. The Balaban J connectivity index is 0.000000129. The van der Waals surface area contributed by atoms with E-state index in [0.717, 1.165) is 0 Å². The molecule has 0 aliphatic carbocycles. The van der Waals surface area contributed by atoms with Crippen molar-refractivity contribution < 1.29 is 0 Å². The second kappa shape index (κ2) is 28.5. The van der Waals surface area contributed by atoms with E-state index >= 15 is 0 Å². The van der Waals surface area contributed by atoms with E-state index in [4.69, 9.17) is 0 Å². The predicted octanol–water partition coefficient (Wildman–Crippen LogP) is 23.1. The Bertz CT molecular complexity index is 4200. The van der Waals surface area contributed by atoms with Gasteiger partial charge in [0.25, 0.3) is 0 Å². The van der Waals surface area contributed by atoms with E-state index in [9.17, 15) is 0 Å². The van der Waals surface area contributed by atoms with Crippen molar-refractivity contribution in [3.63, 3.8) is 0 Å². The van der Waals surface area contributed by atoms with Crippen molar-refractivity contribution in [1.82, 2.24) is 0 Å². The molecule has 94 heavy (non-hydrogen) atoms. The van der Waals surface area contributed by atoms with Crippen molar-refractivity contribution in [3.05, 3.63) is 312 Å². The topological polar surface area (TPSA) is 25.9 Å². The zero-order valence-electron chi connectivity index (χ0n) is 58.0. The second-order valence-electron chi connectivity index (χ2n) is 26.9. The van der Waals surface area contributed by atoms with Gasteiger partial charge in [-0.25, -0.2) is 0 Å². The summed E-state index contributed by atoms with van der Waals surface area (Å²) in [6.07, 6.45) is 9.75. The summed E-state index contributed by atoms with van der Waals surface area (Å²) in [5.41, 5.74) is 24.8. The Hall–Kier alpha value is -9.92. The molecule has 0 saturated heterocycles. The molecule has 0 aromatic heterocycles. The van der Waals surface area contributed by atoms with Crippen molar-refractivity contribution >= 4 is 68.2 Å². The molecule has 0 bridgehead atoms. The molecule has 0 spiro atoms. The molecule has 8 nitrogen and oxygen atoms in total. The van der Waals surface area contributed by atoms with Gasteiger partial charge in [-0.1, -0.05) is 212 Å². The van der Waals surface area contributed by atoms with Crippen LogP contribution >= 0.6 is 0 Å². The molecule has 4 atom stereocenters. The molecule has 4 heterocycles. The van der Waals surface area contributed by atoms with Crippen LogP contribution in [0.25, 0.3) is 0 Å². The van der Waals surface area contributed by atoms with Crippen molar-refractivity contribution in [2.24, 2.45) is 0 Å². The molecule has 0 radical (unpaired) electrons. The Morgan fingerprint density at radius 1 is 0.277 bits per heavy atom. The molecule has 480 valence electrons. The summed E-state index contributed by atoms with van der Waals surface area (Å²) < 4.78 is 0. The van der Waals surface area contributed by atoms with Crippen LogP contribution in [0, 0.1) is 27.7 Å². The highest BCUT2D eigenvalue weighted by atomic mass is 15.4. The zero-order valence-corrected chi connectivity index (χ0v) is 58.0. The van der Waals surface area contributed by atoms with E-state index in [1.165, 1.54) is 107 Å². The summed E-state index contributed by atoms with van der Waals surface area (Å²) in [6, 6.07) is 88.5. The van der Waals surface area contributed by atoms with Gasteiger partial charge in [0, 0.05) is 70.3 Å². The van der Waals surface area contributed by atoms with Crippen molar-refractivity contribution in [1.29, 1.82) is 0 Å². The van der Waals surface area contributed by atoms with Crippen LogP contribution in [0.15, 0.2) is 274 Å². The number of benzene rings is 10. The SMILES string of the molecule is Cc1ccccc1N1C=CN(c2c(C(C)C)cccc2C(C)C)C1C.Cc1ccccc1N1C=CN(c2ccccc2)C1C.Cc1ccccc1N1c2cc(C(C)(C)C)ccc2N(c2ccccc2)C1C.Cc1ccccc1N1c2ccccc2N(c2ccccc2)C1C. The minimum Gasteiger partial charge on any atom is -0.326 e. The van der Waals surface area contributed by atoms with E-state index in [-0.39, 0.29) is 23.9 Å². The normalized spacial score (nSPS) is 17.0. The predicted molar refractivity (Wildman–Crippen MR) is 405 cm³/mol. The van der Waals surface area contributed by atoms with Crippen LogP contribution in [0.2, 0.25) is 0 Å². The Morgan fingerprint density at radius 3 is 1.00 bits per heavy atom. The monoisotopic (exact) mass is 1240 g/mol. The summed E-state index contributed by atoms with van der Waals surface area (Å²) in [6.45, 7) is 33.7. The standard InChI is InChI=1S/C25H28N2.C23H30N2.C21H20N2.C17H18N2/c1-18-11-9-10-14-22(18)27-19(2)26(21-12-7-6-8-13-21)23-16-15-20(17-24(23)27)25(3,4)5;1-16(2)20-11-9-12-21(17(3)4)23(20)25-15-14-24(19(25)6)22-13-8-7-10-18(22)5;1-16-10-6-7-13-19(16)23-17(2)22(18-11-4-3-5-12-18)20-14-8-9-15-21(20)23;1-14-8-6-7-11-17(14)19-13-12-18(15(19)2)16-9-4-3-5-10-16/h6-17,19H,1-5H3;7-17,19H,1-6H3;3-15,17H,1-2H3;3-13,15H,1-2H3. The highest BCUT2D eigenvalue weighted by Crippen LogP contribution is 2.51. The lowest BCUT2D eigenvalue weighted by Gasteiger charge is -2.34. The van der Waals surface area contributed by atoms with E-state index < -0.39 is 0 Å². The summed E-state index contributed by atoms with van der Waals surface area (Å²) in [5, 5.41) is 0. The first kappa shape index (κ1) is 65.6. The number of anilines is 12. The number of fused-ring (bicyclic) bond motifs is 2. The summed E-state index contributed by atoms with van der Waals surface area (Å²) >= 11 is 0. The Morgan fingerprint density at radius 2 is 0.596 bits per heavy atom. The highest BCUT2D eigenvalue weighted by Gasteiger charge is 2.38. The van der Waals surface area contributed by atoms with Crippen molar-refractivity contribution in [3.8, 4) is 0 Å². The molecule has 4 unspecified atom stereocenters. The van der Waals surface area contributed by atoms with Gasteiger partial charge in [0.2, 0.25) is 0 Å². The smallest absolute Gasteiger partial charge is 0.108 e. The summed E-state index contributed by atoms with van der Waals surface area (Å²) in [5.74, 6) is 1.00. The third-order valence-corrected chi connectivity index (χ3v) is 18.9. The van der Waals surface area contributed by atoms with Gasteiger partial charge in [-0.05, 0) is 197 Å².